The summed E-state index contributed by atoms with van der Waals surface area (Å²) in [7, 11) is 0. The first-order valence-corrected chi connectivity index (χ1v) is 7.11. The maximum absolute atomic E-state index is 11.6. The Morgan fingerprint density at radius 2 is 2.06 bits per heavy atom. The van der Waals surface area contributed by atoms with Crippen LogP contribution in [0.3, 0.4) is 0 Å². The summed E-state index contributed by atoms with van der Waals surface area (Å²) in [6.07, 6.45) is 3.09. The fourth-order valence-electron chi connectivity index (χ4n) is 1.94. The van der Waals surface area contributed by atoms with Crippen molar-refractivity contribution in [1.29, 1.82) is 0 Å². The van der Waals surface area contributed by atoms with Crippen molar-refractivity contribution < 1.29 is 9.90 Å². The Morgan fingerprint density at radius 3 is 2.56 bits per heavy atom. The van der Waals surface area contributed by atoms with Crippen molar-refractivity contribution in [2.75, 3.05) is 5.32 Å². The van der Waals surface area contributed by atoms with Gasteiger partial charge in [0.15, 0.2) is 0 Å². The molecule has 1 rings (SSSR count). The average molecular weight is 314 g/mol. The van der Waals surface area contributed by atoms with Crippen LogP contribution >= 0.6 is 15.9 Å². The molecule has 0 saturated heterocycles. The van der Waals surface area contributed by atoms with Gasteiger partial charge in [-0.2, -0.15) is 0 Å². The lowest BCUT2D eigenvalue weighted by atomic mass is 9.89. The largest absolute Gasteiger partial charge is 0.480 e. The molecule has 3 nitrogen and oxygen atoms in total. The zero-order chi connectivity index (χ0) is 13.6. The van der Waals surface area contributed by atoms with Crippen molar-refractivity contribution in [2.45, 2.75) is 45.1 Å². The van der Waals surface area contributed by atoms with Gasteiger partial charge < -0.3 is 10.4 Å². The van der Waals surface area contributed by atoms with Gasteiger partial charge in [0, 0.05) is 10.2 Å². The minimum Gasteiger partial charge on any atom is -0.480 e. The molecule has 0 saturated carbocycles. The van der Waals surface area contributed by atoms with Crippen LogP contribution in [-0.2, 0) is 4.79 Å². The van der Waals surface area contributed by atoms with Gasteiger partial charge >= 0.3 is 5.97 Å². The fourth-order valence-corrected chi connectivity index (χ4v) is 2.32. The molecule has 0 aliphatic heterocycles. The predicted octanol–water partition coefficient (Wildman–Crippen LogP) is 4.28. The smallest absolute Gasteiger partial charge is 0.329 e. The van der Waals surface area contributed by atoms with E-state index in [0.29, 0.717) is 12.8 Å². The zero-order valence-corrected chi connectivity index (χ0v) is 12.5. The Kier molecular flexibility index (Phi) is 5.66. The topological polar surface area (TPSA) is 49.3 Å². The number of carbonyl (C=O) groups is 1. The minimum atomic E-state index is -0.875. The quantitative estimate of drug-likeness (QED) is 0.789. The average Bonchev–Trinajstić information content (AvgIpc) is 2.36. The highest BCUT2D eigenvalue weighted by molar-refractivity contribution is 9.10. The van der Waals surface area contributed by atoms with Crippen LogP contribution in [0, 0.1) is 0 Å². The van der Waals surface area contributed by atoms with Gasteiger partial charge in [0.1, 0.15) is 5.54 Å². The summed E-state index contributed by atoms with van der Waals surface area (Å²) in [5, 5.41) is 12.7. The molecule has 1 unspecified atom stereocenters. The first kappa shape index (κ1) is 15.0. The maximum atomic E-state index is 11.6. The van der Waals surface area contributed by atoms with E-state index in [4.69, 9.17) is 0 Å². The third-order valence-electron chi connectivity index (χ3n) is 3.22. The van der Waals surface area contributed by atoms with Crippen molar-refractivity contribution >= 4 is 27.6 Å². The van der Waals surface area contributed by atoms with Gasteiger partial charge in [0.05, 0.1) is 0 Å². The molecule has 0 heterocycles. The lowest BCUT2D eigenvalue weighted by molar-refractivity contribution is -0.142. The van der Waals surface area contributed by atoms with Crippen LogP contribution in [-0.4, -0.2) is 16.6 Å². The van der Waals surface area contributed by atoms with E-state index in [2.05, 4.69) is 28.2 Å². The number of rotatable bonds is 7. The first-order valence-electron chi connectivity index (χ1n) is 6.32. The van der Waals surface area contributed by atoms with E-state index in [9.17, 15) is 9.90 Å². The molecular formula is C14H20BrNO2. The molecule has 1 atom stereocenters. The van der Waals surface area contributed by atoms with Gasteiger partial charge in [0.2, 0.25) is 0 Å². The van der Waals surface area contributed by atoms with Crippen molar-refractivity contribution in [3.8, 4) is 0 Å². The molecule has 4 heteroatoms. The number of benzene rings is 1. The molecule has 0 aliphatic rings. The highest BCUT2D eigenvalue weighted by atomic mass is 79.9. The summed E-state index contributed by atoms with van der Waals surface area (Å²) in [5.41, 5.74) is -0.0438. The van der Waals surface area contributed by atoms with E-state index in [0.717, 1.165) is 23.0 Å². The fraction of sp³-hybridized carbons (Fsp3) is 0.500. The monoisotopic (exact) mass is 313 g/mol. The van der Waals surface area contributed by atoms with Gasteiger partial charge in [0.25, 0.3) is 0 Å². The summed E-state index contributed by atoms with van der Waals surface area (Å²) in [6.45, 7) is 3.98. The van der Waals surface area contributed by atoms with Gasteiger partial charge in [-0.15, -0.1) is 0 Å². The van der Waals surface area contributed by atoms with Gasteiger partial charge in [-0.05, 0) is 40.9 Å². The molecule has 100 valence electrons. The van der Waals surface area contributed by atoms with E-state index in [1.54, 1.807) is 0 Å². The van der Waals surface area contributed by atoms with Crippen LogP contribution < -0.4 is 5.32 Å². The van der Waals surface area contributed by atoms with Crippen molar-refractivity contribution in [3.63, 3.8) is 0 Å². The number of halogens is 1. The number of unbranched alkanes of at least 4 members (excludes halogenated alkanes) is 1. The van der Waals surface area contributed by atoms with Gasteiger partial charge in [-0.25, -0.2) is 4.79 Å². The molecule has 0 aliphatic carbocycles. The van der Waals surface area contributed by atoms with E-state index < -0.39 is 11.5 Å². The number of nitrogens with one attached hydrogen (secondary N) is 1. The number of carboxylic acids is 1. The number of anilines is 1. The molecule has 0 radical (unpaired) electrons. The lowest BCUT2D eigenvalue weighted by Crippen LogP contribution is -2.46. The lowest BCUT2D eigenvalue weighted by Gasteiger charge is -2.31. The second-order valence-corrected chi connectivity index (χ2v) is 5.30. The van der Waals surface area contributed by atoms with E-state index in [1.165, 1.54) is 0 Å². The summed E-state index contributed by atoms with van der Waals surface area (Å²) < 4.78 is 0.889. The highest BCUT2D eigenvalue weighted by Crippen LogP contribution is 2.29. The third kappa shape index (κ3) is 3.48. The molecule has 1 aromatic carbocycles. The predicted molar refractivity (Wildman–Crippen MR) is 77.9 cm³/mol. The van der Waals surface area contributed by atoms with E-state index >= 15 is 0 Å². The molecular weight excluding hydrogens is 294 g/mol. The molecule has 18 heavy (non-hydrogen) atoms. The van der Waals surface area contributed by atoms with Gasteiger partial charge in [-0.3, -0.25) is 0 Å². The van der Waals surface area contributed by atoms with Crippen LogP contribution in [0.5, 0.6) is 0 Å². The number of para-hydroxylation sites is 1. The summed E-state index contributed by atoms with van der Waals surface area (Å²) in [6, 6.07) is 7.61. The Labute approximate surface area is 117 Å². The minimum absolute atomic E-state index is 0.559. The number of carboxylic acid groups (broad SMARTS) is 1. The van der Waals surface area contributed by atoms with Crippen molar-refractivity contribution in [3.05, 3.63) is 28.7 Å². The number of aliphatic carboxylic acids is 1. The Morgan fingerprint density at radius 1 is 1.39 bits per heavy atom. The summed E-state index contributed by atoms with van der Waals surface area (Å²) >= 11 is 3.44. The van der Waals surface area contributed by atoms with Crippen LogP contribution in [0.4, 0.5) is 5.69 Å². The second-order valence-electron chi connectivity index (χ2n) is 4.45. The molecule has 0 bridgehead atoms. The van der Waals surface area contributed by atoms with Crippen molar-refractivity contribution in [2.24, 2.45) is 0 Å². The van der Waals surface area contributed by atoms with Crippen LogP contribution in [0.15, 0.2) is 28.7 Å². The molecule has 0 aromatic heterocycles. The SMILES string of the molecule is CCCCC(CC)(Nc1ccccc1Br)C(=O)O. The molecule has 0 fully saturated rings. The summed E-state index contributed by atoms with van der Waals surface area (Å²) in [4.78, 5) is 11.6. The third-order valence-corrected chi connectivity index (χ3v) is 3.91. The first-order chi connectivity index (χ1) is 8.55. The second kappa shape index (κ2) is 6.78. The van der Waals surface area contributed by atoms with E-state index in [1.807, 2.05) is 31.2 Å². The highest BCUT2D eigenvalue weighted by Gasteiger charge is 2.36. The Bertz CT molecular complexity index is 409. The molecule has 1 aromatic rings. The molecule has 0 spiro atoms. The molecule has 0 amide bonds. The Balaban J connectivity index is 2.97. The Hall–Kier alpha value is -1.03. The van der Waals surface area contributed by atoms with Crippen LogP contribution in [0.2, 0.25) is 0 Å². The van der Waals surface area contributed by atoms with Crippen molar-refractivity contribution in [1.82, 2.24) is 0 Å². The normalized spacial score (nSPS) is 13.9. The van der Waals surface area contributed by atoms with Crippen LogP contribution in [0.25, 0.3) is 0 Å². The van der Waals surface area contributed by atoms with Gasteiger partial charge in [-0.1, -0.05) is 38.8 Å². The standard InChI is InChI=1S/C14H20BrNO2/c1-3-5-10-14(4-2,13(17)18)16-12-9-7-6-8-11(12)15/h6-9,16H,3-5,10H2,1-2H3,(H,17,18). The number of hydrogen-bond donors (Lipinski definition) is 2. The molecule has 2 N–H and O–H groups in total. The maximum Gasteiger partial charge on any atom is 0.329 e. The summed E-state index contributed by atoms with van der Waals surface area (Å²) in [5.74, 6) is -0.783. The number of hydrogen-bond acceptors (Lipinski definition) is 2. The van der Waals surface area contributed by atoms with Crippen LogP contribution in [0.1, 0.15) is 39.5 Å². The zero-order valence-electron chi connectivity index (χ0n) is 10.9. The van der Waals surface area contributed by atoms with E-state index in [-0.39, 0.29) is 0 Å².